The molecule has 0 saturated heterocycles. The van der Waals surface area contributed by atoms with Crippen molar-refractivity contribution >= 4 is 28.8 Å². The van der Waals surface area contributed by atoms with Gasteiger partial charge in [-0.3, -0.25) is 9.69 Å². The largest absolute Gasteiger partial charge is 0.497 e. The molecule has 3 aromatic rings. The molecule has 0 aliphatic carbocycles. The van der Waals surface area contributed by atoms with Crippen molar-refractivity contribution in [2.75, 3.05) is 24.0 Å². The third-order valence-electron chi connectivity index (χ3n) is 4.34. The van der Waals surface area contributed by atoms with Crippen LogP contribution in [0.1, 0.15) is 22.2 Å². The lowest BCUT2D eigenvalue weighted by molar-refractivity contribution is 0.0969. The van der Waals surface area contributed by atoms with Crippen LogP contribution in [-0.4, -0.2) is 29.7 Å². The van der Waals surface area contributed by atoms with Crippen LogP contribution in [0.25, 0.3) is 0 Å². The SMILES string of the molecule is COc1ccc(N2C(=O)c3ccccc3N(C)[C@@H]2c2csnn2)cc1. The highest BCUT2D eigenvalue weighted by atomic mass is 32.1. The molecule has 1 amide bonds. The van der Waals surface area contributed by atoms with Gasteiger partial charge in [0.15, 0.2) is 6.17 Å². The van der Waals surface area contributed by atoms with E-state index in [0.717, 1.165) is 22.8 Å². The number of benzene rings is 2. The number of carbonyl (C=O) groups excluding carboxylic acids is 1. The van der Waals surface area contributed by atoms with E-state index in [1.165, 1.54) is 11.5 Å². The van der Waals surface area contributed by atoms with Gasteiger partial charge in [0.1, 0.15) is 11.4 Å². The molecule has 7 heteroatoms. The molecule has 2 heterocycles. The number of hydrogen-bond acceptors (Lipinski definition) is 6. The van der Waals surface area contributed by atoms with E-state index in [2.05, 4.69) is 14.5 Å². The molecule has 126 valence electrons. The van der Waals surface area contributed by atoms with Crippen LogP contribution in [0.5, 0.6) is 5.75 Å². The van der Waals surface area contributed by atoms with Crippen molar-refractivity contribution in [2.24, 2.45) is 0 Å². The summed E-state index contributed by atoms with van der Waals surface area (Å²) >= 11 is 1.28. The summed E-state index contributed by atoms with van der Waals surface area (Å²) in [6.45, 7) is 0. The fourth-order valence-electron chi connectivity index (χ4n) is 3.12. The van der Waals surface area contributed by atoms with Gasteiger partial charge in [0.25, 0.3) is 5.91 Å². The predicted octanol–water partition coefficient (Wildman–Crippen LogP) is 3.34. The Hall–Kier alpha value is -2.93. The van der Waals surface area contributed by atoms with Gasteiger partial charge in [-0.15, -0.1) is 5.10 Å². The maximum absolute atomic E-state index is 13.2. The molecule has 1 aromatic heterocycles. The second kappa shape index (κ2) is 6.18. The van der Waals surface area contributed by atoms with E-state index in [4.69, 9.17) is 4.74 Å². The zero-order chi connectivity index (χ0) is 17.4. The molecular formula is C18H16N4O2S. The Labute approximate surface area is 149 Å². The summed E-state index contributed by atoms with van der Waals surface area (Å²) in [5.74, 6) is 0.686. The van der Waals surface area contributed by atoms with Gasteiger partial charge in [0, 0.05) is 18.1 Å². The lowest BCUT2D eigenvalue weighted by Crippen LogP contribution is -2.48. The van der Waals surface area contributed by atoms with E-state index in [1.807, 2.05) is 61.0 Å². The topological polar surface area (TPSA) is 58.6 Å². The van der Waals surface area contributed by atoms with Gasteiger partial charge in [0.2, 0.25) is 0 Å². The second-order valence-corrected chi connectivity index (χ2v) is 6.31. The Bertz CT molecular complexity index is 896. The summed E-state index contributed by atoms with van der Waals surface area (Å²) in [5.41, 5.74) is 3.08. The van der Waals surface area contributed by atoms with Crippen molar-refractivity contribution in [2.45, 2.75) is 6.17 Å². The summed E-state index contributed by atoms with van der Waals surface area (Å²) in [7, 11) is 3.58. The van der Waals surface area contributed by atoms with E-state index >= 15 is 0 Å². The summed E-state index contributed by atoms with van der Waals surface area (Å²) in [6.07, 6.45) is -0.352. The lowest BCUT2D eigenvalue weighted by atomic mass is 10.0. The Morgan fingerprint density at radius 1 is 1.12 bits per heavy atom. The minimum Gasteiger partial charge on any atom is -0.497 e. The molecule has 0 fully saturated rings. The van der Waals surface area contributed by atoms with Gasteiger partial charge in [-0.05, 0) is 47.9 Å². The quantitative estimate of drug-likeness (QED) is 0.723. The molecule has 4 rings (SSSR count). The first kappa shape index (κ1) is 15.6. The monoisotopic (exact) mass is 352 g/mol. The van der Waals surface area contributed by atoms with E-state index < -0.39 is 0 Å². The molecule has 6 nitrogen and oxygen atoms in total. The molecule has 0 N–H and O–H groups in total. The van der Waals surface area contributed by atoms with Crippen molar-refractivity contribution in [3.05, 3.63) is 65.2 Å². The molecule has 0 radical (unpaired) electrons. The summed E-state index contributed by atoms with van der Waals surface area (Å²) in [4.78, 5) is 17.0. The fourth-order valence-corrected chi connectivity index (χ4v) is 3.59. The Morgan fingerprint density at radius 3 is 2.56 bits per heavy atom. The lowest BCUT2D eigenvalue weighted by Gasteiger charge is -2.42. The number of aromatic nitrogens is 2. The van der Waals surface area contributed by atoms with Gasteiger partial charge >= 0.3 is 0 Å². The number of amides is 1. The van der Waals surface area contributed by atoms with Crippen LogP contribution >= 0.6 is 11.5 Å². The summed E-state index contributed by atoms with van der Waals surface area (Å²) < 4.78 is 9.20. The van der Waals surface area contributed by atoms with Crippen molar-refractivity contribution < 1.29 is 9.53 Å². The van der Waals surface area contributed by atoms with Crippen molar-refractivity contribution in [1.29, 1.82) is 0 Å². The normalized spacial score (nSPS) is 16.7. The van der Waals surface area contributed by atoms with Crippen LogP contribution in [0.4, 0.5) is 11.4 Å². The number of anilines is 2. The fraction of sp³-hybridized carbons (Fsp3) is 0.167. The molecule has 1 atom stereocenters. The number of methoxy groups -OCH3 is 1. The molecule has 1 aliphatic heterocycles. The molecule has 0 bridgehead atoms. The Kier molecular flexibility index (Phi) is 3.85. The average molecular weight is 352 g/mol. The highest BCUT2D eigenvalue weighted by molar-refractivity contribution is 7.03. The first-order chi connectivity index (χ1) is 12.2. The molecule has 1 aliphatic rings. The number of ether oxygens (including phenoxy) is 1. The van der Waals surface area contributed by atoms with Crippen molar-refractivity contribution in [1.82, 2.24) is 9.59 Å². The average Bonchev–Trinajstić information content (AvgIpc) is 3.19. The molecular weight excluding hydrogens is 336 g/mol. The van der Waals surface area contributed by atoms with E-state index in [0.29, 0.717) is 5.56 Å². The van der Waals surface area contributed by atoms with Crippen molar-refractivity contribution in [3.8, 4) is 5.75 Å². The van der Waals surface area contributed by atoms with E-state index in [-0.39, 0.29) is 12.1 Å². The zero-order valence-corrected chi connectivity index (χ0v) is 14.6. The second-order valence-electron chi connectivity index (χ2n) is 5.70. The molecule has 0 saturated carbocycles. The van der Waals surface area contributed by atoms with E-state index in [1.54, 1.807) is 12.0 Å². The maximum atomic E-state index is 13.2. The minimum atomic E-state index is -0.352. The molecule has 2 aromatic carbocycles. The highest BCUT2D eigenvalue weighted by Gasteiger charge is 2.38. The van der Waals surface area contributed by atoms with Crippen molar-refractivity contribution in [3.63, 3.8) is 0 Å². The molecule has 25 heavy (non-hydrogen) atoms. The van der Waals surface area contributed by atoms with Gasteiger partial charge in [-0.1, -0.05) is 16.6 Å². The number of rotatable bonds is 3. The van der Waals surface area contributed by atoms with Gasteiger partial charge in [-0.2, -0.15) is 0 Å². The molecule has 0 spiro atoms. The van der Waals surface area contributed by atoms with E-state index in [9.17, 15) is 4.79 Å². The summed E-state index contributed by atoms with van der Waals surface area (Å²) in [5, 5.41) is 6.09. The highest BCUT2D eigenvalue weighted by Crippen LogP contribution is 2.40. The number of para-hydroxylation sites is 1. The number of carbonyl (C=O) groups is 1. The van der Waals surface area contributed by atoms with Crippen LogP contribution in [-0.2, 0) is 0 Å². The predicted molar refractivity (Wildman–Crippen MR) is 97.3 cm³/mol. The van der Waals surface area contributed by atoms with Crippen LogP contribution < -0.4 is 14.5 Å². The third-order valence-corrected chi connectivity index (χ3v) is 4.86. The van der Waals surface area contributed by atoms with Crippen LogP contribution in [0.15, 0.2) is 53.9 Å². The van der Waals surface area contributed by atoms with Gasteiger partial charge < -0.3 is 9.64 Å². The smallest absolute Gasteiger partial charge is 0.262 e. The zero-order valence-electron chi connectivity index (χ0n) is 13.8. The van der Waals surface area contributed by atoms with Crippen LogP contribution in [0, 0.1) is 0 Å². The third kappa shape index (κ3) is 2.53. The van der Waals surface area contributed by atoms with Gasteiger partial charge in [-0.25, -0.2) is 0 Å². The Morgan fingerprint density at radius 2 is 1.88 bits per heavy atom. The summed E-state index contributed by atoms with van der Waals surface area (Å²) in [6, 6.07) is 15.1. The molecule has 0 unspecified atom stereocenters. The Balaban J connectivity index is 1.87. The maximum Gasteiger partial charge on any atom is 0.262 e. The minimum absolute atomic E-state index is 0.0585. The first-order valence-corrected chi connectivity index (χ1v) is 8.61. The number of nitrogens with zero attached hydrogens (tertiary/aromatic N) is 4. The number of hydrogen-bond donors (Lipinski definition) is 0. The standard InChI is InChI=1S/C18H16N4O2S/c1-21-16-6-4-3-5-14(16)18(23)22(17(21)15-11-25-20-19-15)12-7-9-13(24-2)10-8-12/h3-11,17H,1-2H3/t17-/m0/s1. The van der Waals surface area contributed by atoms with Crippen LogP contribution in [0.2, 0.25) is 0 Å². The first-order valence-electron chi connectivity index (χ1n) is 7.77. The van der Waals surface area contributed by atoms with Gasteiger partial charge in [0.05, 0.1) is 18.4 Å². The van der Waals surface area contributed by atoms with Crippen LogP contribution in [0.3, 0.4) is 0 Å². The number of fused-ring (bicyclic) bond motifs is 1.